The molecule has 0 fully saturated rings. The maximum Gasteiger partial charge on any atom is 0.186 e. The molecule has 2 rings (SSSR count). The molecule has 0 bridgehead atoms. The number of nitrogens with one attached hydrogen (secondary N) is 1. The Morgan fingerprint density at radius 1 is 1.19 bits per heavy atom. The fourth-order valence-corrected chi connectivity index (χ4v) is 2.47. The Morgan fingerprint density at radius 3 is 2.52 bits per heavy atom. The molecule has 0 saturated carbocycles. The molecule has 2 aromatic rings. The van der Waals surface area contributed by atoms with E-state index in [4.69, 9.17) is 11.6 Å². The van der Waals surface area contributed by atoms with Crippen LogP contribution in [0.1, 0.15) is 12.5 Å². The van der Waals surface area contributed by atoms with Crippen molar-refractivity contribution in [3.05, 3.63) is 59.1 Å². The quantitative estimate of drug-likeness (QED) is 0.382. The number of aryl methyl sites for hydroxylation is 1. The summed E-state index contributed by atoms with van der Waals surface area (Å²) in [5.74, 6) is -0.0879. The van der Waals surface area contributed by atoms with Gasteiger partial charge in [0.05, 0.1) is 5.69 Å². The highest BCUT2D eigenvalue weighted by Gasteiger charge is 2.08. The van der Waals surface area contributed by atoms with Crippen LogP contribution in [0, 0.1) is 6.92 Å². The topological polar surface area (TPSA) is 41.5 Å². The van der Waals surface area contributed by atoms with Crippen LogP contribution in [0.3, 0.4) is 0 Å². The first-order valence-corrected chi connectivity index (χ1v) is 7.59. The summed E-state index contributed by atoms with van der Waals surface area (Å²) in [6, 6.07) is 15.1. The molecule has 3 nitrogen and oxygen atoms in total. The fraction of sp³-hybridized carbons (Fsp3) is 0.125. The van der Waals surface area contributed by atoms with E-state index in [0.717, 1.165) is 16.1 Å². The average Bonchev–Trinajstić information content (AvgIpc) is 2.45. The largest absolute Gasteiger partial charge is 0.292 e. The van der Waals surface area contributed by atoms with Crippen LogP contribution < -0.4 is 5.43 Å². The number of benzene rings is 2. The maximum absolute atomic E-state index is 11.7. The molecule has 0 aliphatic heterocycles. The Hall–Kier alpha value is -1.78. The summed E-state index contributed by atoms with van der Waals surface area (Å²) in [5.41, 5.74) is 4.90. The highest BCUT2D eigenvalue weighted by molar-refractivity contribution is 8.15. The summed E-state index contributed by atoms with van der Waals surface area (Å²) < 4.78 is 0. The van der Waals surface area contributed by atoms with Gasteiger partial charge >= 0.3 is 0 Å². The molecule has 0 radical (unpaired) electrons. The van der Waals surface area contributed by atoms with Crippen molar-refractivity contribution in [2.24, 2.45) is 5.10 Å². The standard InChI is InChI=1S/C16H15ClN2OS/c1-11-4-3-5-14(10-11)18-19-16(12(2)20)21-15-8-6-13(17)7-9-15/h3-10,18H,1-2H3. The maximum atomic E-state index is 11.7. The lowest BCUT2D eigenvalue weighted by atomic mass is 10.2. The van der Waals surface area contributed by atoms with Gasteiger partial charge in [0.15, 0.2) is 10.8 Å². The number of ketones is 1. The number of carbonyl (C=O) groups excluding carboxylic acids is 1. The molecule has 0 aliphatic rings. The Kier molecular flexibility index (Phi) is 5.42. The number of hydrazone groups is 1. The number of nitrogens with zero attached hydrogens (tertiary/aromatic N) is 1. The predicted octanol–water partition coefficient (Wildman–Crippen LogP) is 4.76. The molecular weight excluding hydrogens is 304 g/mol. The Labute approximate surface area is 133 Å². The van der Waals surface area contributed by atoms with Crippen molar-refractivity contribution >= 4 is 39.9 Å². The highest BCUT2D eigenvalue weighted by atomic mass is 35.5. The molecule has 0 amide bonds. The van der Waals surface area contributed by atoms with Crippen molar-refractivity contribution < 1.29 is 4.79 Å². The monoisotopic (exact) mass is 318 g/mol. The van der Waals surface area contributed by atoms with Crippen LogP contribution >= 0.6 is 23.4 Å². The van der Waals surface area contributed by atoms with Crippen LogP contribution in [-0.2, 0) is 4.79 Å². The van der Waals surface area contributed by atoms with Gasteiger partial charge in [-0.25, -0.2) is 0 Å². The van der Waals surface area contributed by atoms with Gasteiger partial charge in [-0.3, -0.25) is 10.2 Å². The van der Waals surface area contributed by atoms with Crippen molar-refractivity contribution in [2.75, 3.05) is 5.43 Å². The summed E-state index contributed by atoms with van der Waals surface area (Å²) in [7, 11) is 0. The second-order valence-electron chi connectivity index (χ2n) is 4.51. The minimum Gasteiger partial charge on any atom is -0.292 e. The lowest BCUT2D eigenvalue weighted by Crippen LogP contribution is -2.08. The molecule has 1 N–H and O–H groups in total. The SMILES string of the molecule is CC(=O)C(=NNc1cccc(C)c1)Sc1ccc(Cl)cc1. The number of halogens is 1. The molecule has 0 atom stereocenters. The van der Waals surface area contributed by atoms with E-state index < -0.39 is 0 Å². The number of hydrogen-bond donors (Lipinski definition) is 1. The lowest BCUT2D eigenvalue weighted by Gasteiger charge is -2.05. The van der Waals surface area contributed by atoms with E-state index in [9.17, 15) is 4.79 Å². The number of rotatable bonds is 4. The lowest BCUT2D eigenvalue weighted by molar-refractivity contribution is -0.110. The Balaban J connectivity index is 2.13. The van der Waals surface area contributed by atoms with E-state index in [1.165, 1.54) is 18.7 Å². The smallest absolute Gasteiger partial charge is 0.186 e. The van der Waals surface area contributed by atoms with Gasteiger partial charge in [0.1, 0.15) is 0 Å². The minimum atomic E-state index is -0.0879. The van der Waals surface area contributed by atoms with Crippen molar-refractivity contribution in [1.82, 2.24) is 0 Å². The normalized spacial score (nSPS) is 11.3. The molecule has 0 heterocycles. The van der Waals surface area contributed by atoms with Crippen molar-refractivity contribution in [2.45, 2.75) is 18.7 Å². The van der Waals surface area contributed by atoms with Crippen LogP contribution in [-0.4, -0.2) is 10.8 Å². The second-order valence-corrected chi connectivity index (χ2v) is 6.01. The number of hydrogen-bond acceptors (Lipinski definition) is 4. The molecule has 0 saturated heterocycles. The first kappa shape index (κ1) is 15.6. The van der Waals surface area contributed by atoms with E-state index >= 15 is 0 Å². The van der Waals surface area contributed by atoms with Gasteiger partial charge in [0.25, 0.3) is 0 Å². The van der Waals surface area contributed by atoms with Crippen LogP contribution in [0.4, 0.5) is 5.69 Å². The molecule has 0 aliphatic carbocycles. The molecular formula is C16H15ClN2OS. The molecule has 2 aromatic carbocycles. The zero-order chi connectivity index (χ0) is 15.2. The van der Waals surface area contributed by atoms with Crippen LogP contribution in [0.5, 0.6) is 0 Å². The van der Waals surface area contributed by atoms with Gasteiger partial charge in [-0.15, -0.1) is 0 Å². The van der Waals surface area contributed by atoms with E-state index in [-0.39, 0.29) is 5.78 Å². The first-order chi connectivity index (χ1) is 10.0. The summed E-state index contributed by atoms with van der Waals surface area (Å²) in [4.78, 5) is 12.6. The van der Waals surface area contributed by atoms with Crippen molar-refractivity contribution in [3.63, 3.8) is 0 Å². The third kappa shape index (κ3) is 4.92. The zero-order valence-electron chi connectivity index (χ0n) is 11.8. The van der Waals surface area contributed by atoms with Crippen LogP contribution in [0.25, 0.3) is 0 Å². The third-order valence-corrected chi connectivity index (χ3v) is 3.97. The second kappa shape index (κ2) is 7.29. The van der Waals surface area contributed by atoms with Gasteiger partial charge in [0.2, 0.25) is 0 Å². The first-order valence-electron chi connectivity index (χ1n) is 6.39. The molecule has 5 heteroatoms. The van der Waals surface area contributed by atoms with E-state index in [1.54, 1.807) is 12.1 Å². The van der Waals surface area contributed by atoms with Crippen molar-refractivity contribution in [1.29, 1.82) is 0 Å². The predicted molar refractivity (Wildman–Crippen MR) is 90.2 cm³/mol. The van der Waals surface area contributed by atoms with Crippen molar-refractivity contribution in [3.8, 4) is 0 Å². The minimum absolute atomic E-state index is 0.0879. The summed E-state index contributed by atoms with van der Waals surface area (Å²) >= 11 is 7.16. The van der Waals surface area contributed by atoms with E-state index in [1.807, 2.05) is 43.3 Å². The van der Waals surface area contributed by atoms with Crippen LogP contribution in [0.2, 0.25) is 5.02 Å². The zero-order valence-corrected chi connectivity index (χ0v) is 13.3. The Morgan fingerprint density at radius 2 is 1.90 bits per heavy atom. The molecule has 108 valence electrons. The highest BCUT2D eigenvalue weighted by Crippen LogP contribution is 2.22. The molecule has 0 aromatic heterocycles. The summed E-state index contributed by atoms with van der Waals surface area (Å²) in [6.45, 7) is 3.50. The molecule has 21 heavy (non-hydrogen) atoms. The Bertz CT molecular complexity index is 668. The third-order valence-electron chi connectivity index (χ3n) is 2.63. The molecule has 0 unspecified atom stereocenters. The summed E-state index contributed by atoms with van der Waals surface area (Å²) in [5, 5.41) is 5.27. The summed E-state index contributed by atoms with van der Waals surface area (Å²) in [6.07, 6.45) is 0. The van der Waals surface area contributed by atoms with Gasteiger partial charge in [-0.2, -0.15) is 5.10 Å². The molecule has 0 spiro atoms. The number of thioether (sulfide) groups is 1. The van der Waals surface area contributed by atoms with Crippen LogP contribution in [0.15, 0.2) is 58.5 Å². The van der Waals surface area contributed by atoms with Gasteiger partial charge in [0, 0.05) is 16.8 Å². The van der Waals surface area contributed by atoms with Gasteiger partial charge in [-0.05, 0) is 48.9 Å². The van der Waals surface area contributed by atoms with E-state index in [0.29, 0.717) is 10.1 Å². The number of Topliss-reactive ketones (excluding diaryl/α,β-unsaturated/α-hetero) is 1. The van der Waals surface area contributed by atoms with Gasteiger partial charge in [-0.1, -0.05) is 35.5 Å². The number of anilines is 1. The van der Waals surface area contributed by atoms with Gasteiger partial charge < -0.3 is 0 Å². The fourth-order valence-electron chi connectivity index (χ4n) is 1.62. The number of carbonyl (C=O) groups is 1. The average molecular weight is 319 g/mol. The van der Waals surface area contributed by atoms with E-state index in [2.05, 4.69) is 10.5 Å².